The lowest BCUT2D eigenvalue weighted by Gasteiger charge is -2.26. The van der Waals surface area contributed by atoms with Crippen LogP contribution in [-0.4, -0.2) is 30.6 Å². The van der Waals surface area contributed by atoms with Crippen LogP contribution in [-0.2, 0) is 0 Å². The fraction of sp³-hybridized carbons (Fsp3) is 0.500. The van der Waals surface area contributed by atoms with Gasteiger partial charge in [-0.1, -0.05) is 6.07 Å². The zero-order valence-corrected chi connectivity index (χ0v) is 11.5. The van der Waals surface area contributed by atoms with Crippen molar-refractivity contribution in [2.24, 2.45) is 0 Å². The number of anilines is 1. The van der Waals surface area contributed by atoms with E-state index < -0.39 is 4.92 Å². The van der Waals surface area contributed by atoms with Crippen LogP contribution in [0.2, 0.25) is 0 Å². The van der Waals surface area contributed by atoms with E-state index in [0.29, 0.717) is 18.3 Å². The van der Waals surface area contributed by atoms with Gasteiger partial charge in [-0.3, -0.25) is 10.1 Å². The van der Waals surface area contributed by atoms with Crippen molar-refractivity contribution in [3.05, 3.63) is 33.9 Å². The normalized spacial score (nSPS) is 17.7. The van der Waals surface area contributed by atoms with Crippen LogP contribution < -0.4 is 10.2 Å². The zero-order valence-electron chi connectivity index (χ0n) is 11.5. The number of benzene rings is 1. The fourth-order valence-corrected chi connectivity index (χ4v) is 2.64. The maximum atomic E-state index is 11.3. The van der Waals surface area contributed by atoms with Crippen molar-refractivity contribution in [2.75, 3.05) is 24.5 Å². The smallest absolute Gasteiger partial charge is 0.310 e. The second kappa shape index (κ2) is 6.35. The first-order valence-corrected chi connectivity index (χ1v) is 6.83. The monoisotopic (exact) mass is 274 g/mol. The van der Waals surface area contributed by atoms with Gasteiger partial charge in [0.25, 0.3) is 0 Å². The summed E-state index contributed by atoms with van der Waals surface area (Å²) < 4.78 is 0. The Morgan fingerprint density at radius 1 is 1.60 bits per heavy atom. The number of nitro benzene ring substituents is 1. The molecule has 0 spiro atoms. The van der Waals surface area contributed by atoms with Gasteiger partial charge in [0.15, 0.2) is 0 Å². The van der Waals surface area contributed by atoms with Crippen LogP contribution in [0.4, 0.5) is 11.4 Å². The Kier molecular flexibility index (Phi) is 4.53. The first kappa shape index (κ1) is 14.3. The molecule has 1 aliphatic rings. The summed E-state index contributed by atoms with van der Waals surface area (Å²) in [4.78, 5) is 12.8. The van der Waals surface area contributed by atoms with Crippen LogP contribution in [0.15, 0.2) is 18.2 Å². The van der Waals surface area contributed by atoms with Crippen molar-refractivity contribution >= 4 is 11.4 Å². The van der Waals surface area contributed by atoms with E-state index in [1.165, 1.54) is 6.07 Å². The summed E-state index contributed by atoms with van der Waals surface area (Å²) in [6, 6.07) is 7.18. The van der Waals surface area contributed by atoms with Gasteiger partial charge in [0.05, 0.1) is 4.92 Å². The molecule has 1 fully saturated rings. The van der Waals surface area contributed by atoms with Crippen molar-refractivity contribution in [1.82, 2.24) is 5.32 Å². The van der Waals surface area contributed by atoms with Gasteiger partial charge < -0.3 is 10.2 Å². The standard InChI is InChI=1S/C14H18N4O2/c1-2-17(10-12-6-4-8-16-12)13-7-3-5-11(9-15)14(13)18(19)20/h3,5,7,12,16H,2,4,6,8,10H2,1H3. The second-order valence-electron chi connectivity index (χ2n) is 4.87. The molecule has 0 aliphatic carbocycles. The molecule has 1 aromatic rings. The van der Waals surface area contributed by atoms with E-state index in [-0.39, 0.29) is 11.3 Å². The summed E-state index contributed by atoms with van der Waals surface area (Å²) in [6.07, 6.45) is 2.23. The molecule has 0 aromatic heterocycles. The molecule has 1 N–H and O–H groups in total. The highest BCUT2D eigenvalue weighted by Crippen LogP contribution is 2.31. The topological polar surface area (TPSA) is 82.2 Å². The van der Waals surface area contributed by atoms with Crippen molar-refractivity contribution in [2.45, 2.75) is 25.8 Å². The van der Waals surface area contributed by atoms with E-state index >= 15 is 0 Å². The molecule has 1 aromatic carbocycles. The largest absolute Gasteiger partial charge is 0.365 e. The maximum Gasteiger partial charge on any atom is 0.310 e. The first-order valence-electron chi connectivity index (χ1n) is 6.83. The fourth-order valence-electron chi connectivity index (χ4n) is 2.64. The molecule has 2 rings (SSSR count). The number of hydrogen-bond donors (Lipinski definition) is 1. The Hall–Kier alpha value is -2.13. The molecule has 0 amide bonds. The molecule has 6 heteroatoms. The molecule has 106 valence electrons. The van der Waals surface area contributed by atoms with Gasteiger partial charge in [-0.25, -0.2) is 0 Å². The molecule has 6 nitrogen and oxygen atoms in total. The predicted octanol–water partition coefficient (Wildman–Crippen LogP) is 2.04. The Labute approximate surface area is 118 Å². The third kappa shape index (κ3) is 2.89. The number of nitro groups is 1. The first-order chi connectivity index (χ1) is 9.67. The highest BCUT2D eigenvalue weighted by molar-refractivity contribution is 5.69. The Morgan fingerprint density at radius 3 is 2.95 bits per heavy atom. The number of para-hydroxylation sites is 1. The lowest BCUT2D eigenvalue weighted by Crippen LogP contribution is -2.37. The quantitative estimate of drug-likeness (QED) is 0.656. The maximum absolute atomic E-state index is 11.3. The summed E-state index contributed by atoms with van der Waals surface area (Å²) in [5.74, 6) is 0. The van der Waals surface area contributed by atoms with Gasteiger partial charge in [0.1, 0.15) is 17.3 Å². The van der Waals surface area contributed by atoms with Crippen LogP contribution >= 0.6 is 0 Å². The summed E-state index contributed by atoms with van der Waals surface area (Å²) in [7, 11) is 0. The van der Waals surface area contributed by atoms with E-state index in [0.717, 1.165) is 25.9 Å². The molecule has 0 radical (unpaired) electrons. The van der Waals surface area contributed by atoms with E-state index in [2.05, 4.69) is 5.32 Å². The molecule has 1 unspecified atom stereocenters. The van der Waals surface area contributed by atoms with Crippen LogP contribution in [0, 0.1) is 21.4 Å². The lowest BCUT2D eigenvalue weighted by molar-refractivity contribution is -0.384. The molecule has 1 saturated heterocycles. The number of likely N-dealkylation sites (N-methyl/N-ethyl adjacent to an activating group) is 1. The molecule has 1 aliphatic heterocycles. The molecule has 20 heavy (non-hydrogen) atoms. The molecule has 1 heterocycles. The highest BCUT2D eigenvalue weighted by atomic mass is 16.6. The minimum absolute atomic E-state index is 0.0881. The van der Waals surface area contributed by atoms with Crippen molar-refractivity contribution in [3.8, 4) is 6.07 Å². The third-order valence-electron chi connectivity index (χ3n) is 3.64. The van der Waals surface area contributed by atoms with Crippen LogP contribution in [0.25, 0.3) is 0 Å². The average molecular weight is 274 g/mol. The van der Waals surface area contributed by atoms with E-state index in [9.17, 15) is 10.1 Å². The molecule has 1 atom stereocenters. The number of nitriles is 1. The van der Waals surface area contributed by atoms with Gasteiger partial charge >= 0.3 is 5.69 Å². The van der Waals surface area contributed by atoms with E-state index in [1.807, 2.05) is 17.9 Å². The number of rotatable bonds is 5. The number of nitrogens with zero attached hydrogens (tertiary/aromatic N) is 3. The summed E-state index contributed by atoms with van der Waals surface area (Å²) in [5.41, 5.74) is 0.561. The lowest BCUT2D eigenvalue weighted by atomic mass is 10.1. The molecular formula is C14H18N4O2. The minimum Gasteiger partial charge on any atom is -0.365 e. The Morgan fingerprint density at radius 2 is 2.40 bits per heavy atom. The highest BCUT2D eigenvalue weighted by Gasteiger charge is 2.25. The summed E-state index contributed by atoms with van der Waals surface area (Å²) in [5, 5.41) is 23.7. The van der Waals surface area contributed by atoms with Crippen molar-refractivity contribution in [1.29, 1.82) is 5.26 Å². The van der Waals surface area contributed by atoms with E-state index in [1.54, 1.807) is 12.1 Å². The summed E-state index contributed by atoms with van der Waals surface area (Å²) >= 11 is 0. The second-order valence-corrected chi connectivity index (χ2v) is 4.87. The number of hydrogen-bond acceptors (Lipinski definition) is 5. The van der Waals surface area contributed by atoms with Gasteiger partial charge in [-0.2, -0.15) is 5.26 Å². The van der Waals surface area contributed by atoms with Crippen LogP contribution in [0.3, 0.4) is 0 Å². The van der Waals surface area contributed by atoms with Crippen LogP contribution in [0.5, 0.6) is 0 Å². The van der Waals surface area contributed by atoms with Gasteiger partial charge in [-0.15, -0.1) is 0 Å². The van der Waals surface area contributed by atoms with Gasteiger partial charge in [-0.05, 0) is 38.4 Å². The molecule has 0 bridgehead atoms. The minimum atomic E-state index is -0.460. The van der Waals surface area contributed by atoms with Crippen LogP contribution in [0.1, 0.15) is 25.3 Å². The Balaban J connectivity index is 2.33. The Bertz CT molecular complexity index is 532. The number of nitrogens with one attached hydrogen (secondary N) is 1. The predicted molar refractivity (Wildman–Crippen MR) is 76.7 cm³/mol. The van der Waals surface area contributed by atoms with E-state index in [4.69, 9.17) is 5.26 Å². The third-order valence-corrected chi connectivity index (χ3v) is 3.64. The van der Waals surface area contributed by atoms with Gasteiger partial charge in [0.2, 0.25) is 0 Å². The van der Waals surface area contributed by atoms with Crippen molar-refractivity contribution < 1.29 is 4.92 Å². The van der Waals surface area contributed by atoms with Crippen molar-refractivity contribution in [3.63, 3.8) is 0 Å². The average Bonchev–Trinajstić information content (AvgIpc) is 2.96. The molecule has 0 saturated carbocycles. The SMILES string of the molecule is CCN(CC1CCCN1)c1cccc(C#N)c1[N+](=O)[O-]. The van der Waals surface area contributed by atoms with Gasteiger partial charge in [0, 0.05) is 19.1 Å². The molecular weight excluding hydrogens is 256 g/mol. The zero-order chi connectivity index (χ0) is 14.5. The summed E-state index contributed by atoms with van der Waals surface area (Å²) in [6.45, 7) is 4.38.